The summed E-state index contributed by atoms with van der Waals surface area (Å²) in [5, 5.41) is 0. The molecule has 74 valence electrons. The molecular weight excluding hydrogens is 178 g/mol. The van der Waals surface area contributed by atoms with Gasteiger partial charge in [-0.3, -0.25) is 9.78 Å². The van der Waals surface area contributed by atoms with Gasteiger partial charge in [0.1, 0.15) is 0 Å². The van der Waals surface area contributed by atoms with Gasteiger partial charge in [0.05, 0.1) is 17.6 Å². The number of aromatic nitrogens is 2. The van der Waals surface area contributed by atoms with E-state index in [1.807, 2.05) is 13.8 Å². The van der Waals surface area contributed by atoms with Gasteiger partial charge in [0, 0.05) is 12.3 Å². The molecule has 0 aliphatic carbocycles. The van der Waals surface area contributed by atoms with Crippen LogP contribution in [-0.4, -0.2) is 15.9 Å². The summed E-state index contributed by atoms with van der Waals surface area (Å²) in [4.78, 5) is 18.8. The third-order valence-corrected chi connectivity index (χ3v) is 1.68. The minimum absolute atomic E-state index is 0.324. The molecule has 0 aliphatic rings. The van der Waals surface area contributed by atoms with Crippen molar-refractivity contribution in [1.29, 1.82) is 0 Å². The van der Waals surface area contributed by atoms with Gasteiger partial charge in [0.15, 0.2) is 0 Å². The number of nitrogens with two attached hydrogens (primary N) is 1. The first-order valence-electron chi connectivity index (χ1n) is 4.39. The Kier molecular flexibility index (Phi) is 3.34. The van der Waals surface area contributed by atoms with E-state index in [0.29, 0.717) is 11.6 Å². The number of carbonyl (C=O) groups excluding carboxylic acids is 1. The highest BCUT2D eigenvalue weighted by Crippen LogP contribution is 2.10. The summed E-state index contributed by atoms with van der Waals surface area (Å²) in [6.45, 7) is 4.07. The maximum absolute atomic E-state index is 10.5. The second-order valence-corrected chi connectivity index (χ2v) is 3.26. The van der Waals surface area contributed by atoms with Crippen LogP contribution < -0.4 is 5.73 Å². The maximum Gasteiger partial charge on any atom is 0.241 e. The zero-order valence-electron chi connectivity index (χ0n) is 8.27. The van der Waals surface area contributed by atoms with Gasteiger partial charge in [-0.15, -0.1) is 0 Å². The van der Waals surface area contributed by atoms with E-state index in [0.717, 1.165) is 5.69 Å². The lowest BCUT2D eigenvalue weighted by molar-refractivity contribution is -0.113. The minimum atomic E-state index is -0.484. The third-order valence-electron chi connectivity index (χ3n) is 1.68. The Hall–Kier alpha value is -1.71. The Labute approximate surface area is 82.9 Å². The summed E-state index contributed by atoms with van der Waals surface area (Å²) in [7, 11) is 0. The first kappa shape index (κ1) is 10.4. The van der Waals surface area contributed by atoms with Crippen LogP contribution in [0.15, 0.2) is 18.5 Å². The molecular formula is C10H13N3O. The highest BCUT2D eigenvalue weighted by atomic mass is 16.1. The van der Waals surface area contributed by atoms with Gasteiger partial charge in [0.2, 0.25) is 5.91 Å². The number of amides is 1. The maximum atomic E-state index is 10.5. The monoisotopic (exact) mass is 191 g/mol. The molecule has 0 atom stereocenters. The van der Waals surface area contributed by atoms with Crippen LogP contribution in [0.2, 0.25) is 0 Å². The summed E-state index contributed by atoms with van der Waals surface area (Å²) < 4.78 is 0. The summed E-state index contributed by atoms with van der Waals surface area (Å²) in [6, 6.07) is 0. The minimum Gasteiger partial charge on any atom is -0.366 e. The fourth-order valence-corrected chi connectivity index (χ4v) is 0.923. The van der Waals surface area contributed by atoms with Gasteiger partial charge >= 0.3 is 0 Å². The second-order valence-electron chi connectivity index (χ2n) is 3.26. The van der Waals surface area contributed by atoms with Gasteiger partial charge < -0.3 is 5.73 Å². The standard InChI is InChI=1S/C10H13N3O/c1-7(2)9-6-12-5-8(13-9)3-4-10(11)14/h3-7H,1-2H3,(H2,11,14)/b4-3+. The Morgan fingerprint density at radius 3 is 2.79 bits per heavy atom. The SMILES string of the molecule is CC(C)c1cncc(/C=C/C(N)=O)n1. The van der Waals surface area contributed by atoms with E-state index in [1.165, 1.54) is 6.08 Å². The van der Waals surface area contributed by atoms with Crippen LogP contribution in [0.1, 0.15) is 31.2 Å². The molecule has 1 heterocycles. The van der Waals surface area contributed by atoms with E-state index in [-0.39, 0.29) is 0 Å². The molecule has 1 aromatic heterocycles. The van der Waals surface area contributed by atoms with Crippen molar-refractivity contribution < 1.29 is 4.79 Å². The predicted molar refractivity (Wildman–Crippen MR) is 54.3 cm³/mol. The van der Waals surface area contributed by atoms with E-state index in [9.17, 15) is 4.79 Å². The summed E-state index contributed by atoms with van der Waals surface area (Å²) >= 11 is 0. The van der Waals surface area contributed by atoms with Crippen molar-refractivity contribution in [3.8, 4) is 0 Å². The molecule has 0 fully saturated rings. The third kappa shape index (κ3) is 2.97. The van der Waals surface area contributed by atoms with Gasteiger partial charge in [-0.05, 0) is 12.0 Å². The van der Waals surface area contributed by atoms with Gasteiger partial charge in [-0.2, -0.15) is 0 Å². The number of rotatable bonds is 3. The lowest BCUT2D eigenvalue weighted by atomic mass is 10.1. The van der Waals surface area contributed by atoms with Crippen molar-refractivity contribution >= 4 is 12.0 Å². The molecule has 0 bridgehead atoms. The van der Waals surface area contributed by atoms with E-state index in [4.69, 9.17) is 5.73 Å². The first-order chi connectivity index (χ1) is 6.59. The van der Waals surface area contributed by atoms with E-state index >= 15 is 0 Å². The normalized spacial score (nSPS) is 11.1. The summed E-state index contributed by atoms with van der Waals surface area (Å²) in [5.74, 6) is -0.161. The molecule has 0 aliphatic heterocycles. The molecule has 4 nitrogen and oxygen atoms in total. The van der Waals surface area contributed by atoms with Crippen LogP contribution in [0.3, 0.4) is 0 Å². The Morgan fingerprint density at radius 2 is 2.21 bits per heavy atom. The van der Waals surface area contributed by atoms with Crippen LogP contribution >= 0.6 is 0 Å². The van der Waals surface area contributed by atoms with Crippen LogP contribution in [0.5, 0.6) is 0 Å². The molecule has 0 spiro atoms. The Morgan fingerprint density at radius 1 is 1.50 bits per heavy atom. The smallest absolute Gasteiger partial charge is 0.241 e. The molecule has 1 aromatic rings. The van der Waals surface area contributed by atoms with Gasteiger partial charge in [-0.1, -0.05) is 13.8 Å². The van der Waals surface area contributed by atoms with E-state index in [2.05, 4.69) is 9.97 Å². The van der Waals surface area contributed by atoms with Crippen molar-refractivity contribution in [2.75, 3.05) is 0 Å². The number of hydrogen-bond donors (Lipinski definition) is 1. The molecule has 4 heteroatoms. The van der Waals surface area contributed by atoms with Crippen molar-refractivity contribution in [2.24, 2.45) is 5.73 Å². The largest absolute Gasteiger partial charge is 0.366 e. The average molecular weight is 191 g/mol. The Bertz CT molecular complexity index is 358. The number of primary amides is 1. The highest BCUT2D eigenvalue weighted by molar-refractivity contribution is 5.89. The molecule has 1 amide bonds. The van der Waals surface area contributed by atoms with Crippen molar-refractivity contribution in [1.82, 2.24) is 9.97 Å². The van der Waals surface area contributed by atoms with Gasteiger partial charge in [0.25, 0.3) is 0 Å². The molecule has 14 heavy (non-hydrogen) atoms. The van der Waals surface area contributed by atoms with Crippen molar-refractivity contribution in [3.63, 3.8) is 0 Å². The summed E-state index contributed by atoms with van der Waals surface area (Å²) in [6.07, 6.45) is 6.13. The first-order valence-corrected chi connectivity index (χ1v) is 4.39. The lowest BCUT2D eigenvalue weighted by Gasteiger charge is -2.03. The fourth-order valence-electron chi connectivity index (χ4n) is 0.923. The molecule has 0 saturated carbocycles. The van der Waals surface area contributed by atoms with Crippen LogP contribution in [0.25, 0.3) is 6.08 Å². The predicted octanol–water partition coefficient (Wildman–Crippen LogP) is 1.10. The average Bonchev–Trinajstić information content (AvgIpc) is 2.15. The van der Waals surface area contributed by atoms with Crippen LogP contribution in [0.4, 0.5) is 0 Å². The van der Waals surface area contributed by atoms with Gasteiger partial charge in [-0.25, -0.2) is 4.98 Å². The van der Waals surface area contributed by atoms with Crippen molar-refractivity contribution in [3.05, 3.63) is 29.9 Å². The summed E-state index contributed by atoms with van der Waals surface area (Å²) in [5.41, 5.74) is 6.51. The molecule has 0 aromatic carbocycles. The second kappa shape index (κ2) is 4.50. The zero-order chi connectivity index (χ0) is 10.6. The molecule has 2 N–H and O–H groups in total. The number of carbonyl (C=O) groups is 1. The number of nitrogens with zero attached hydrogens (tertiary/aromatic N) is 2. The molecule has 0 saturated heterocycles. The number of hydrogen-bond acceptors (Lipinski definition) is 3. The lowest BCUT2D eigenvalue weighted by Crippen LogP contribution is -2.05. The highest BCUT2D eigenvalue weighted by Gasteiger charge is 2.00. The van der Waals surface area contributed by atoms with E-state index in [1.54, 1.807) is 18.5 Å². The topological polar surface area (TPSA) is 68.9 Å². The fraction of sp³-hybridized carbons (Fsp3) is 0.300. The molecule has 0 unspecified atom stereocenters. The van der Waals surface area contributed by atoms with Crippen LogP contribution in [0, 0.1) is 0 Å². The van der Waals surface area contributed by atoms with Crippen LogP contribution in [-0.2, 0) is 4.79 Å². The van der Waals surface area contributed by atoms with Crippen molar-refractivity contribution in [2.45, 2.75) is 19.8 Å². The Balaban J connectivity index is 2.89. The quantitative estimate of drug-likeness (QED) is 0.727. The molecule has 1 rings (SSSR count). The van der Waals surface area contributed by atoms with E-state index < -0.39 is 5.91 Å². The molecule has 0 radical (unpaired) electrons. The zero-order valence-corrected chi connectivity index (χ0v) is 8.27.